The molecule has 0 saturated carbocycles. The Bertz CT molecular complexity index is 1600. The minimum Gasteiger partial charge on any atom is -0.510 e. The summed E-state index contributed by atoms with van der Waals surface area (Å²) in [5.41, 5.74) is 2.23. The topological polar surface area (TPSA) is 161 Å². The van der Waals surface area contributed by atoms with Crippen LogP contribution in [0.1, 0.15) is 33.5 Å². The predicted octanol–water partition coefficient (Wildman–Crippen LogP) is 1.66. The van der Waals surface area contributed by atoms with E-state index in [1.54, 1.807) is 20.2 Å². The molecule has 9 nitrogen and oxygen atoms in total. The Labute approximate surface area is 222 Å². The highest BCUT2D eigenvalue weighted by Crippen LogP contribution is 2.52. The quantitative estimate of drug-likeness (QED) is 0.288. The predicted molar refractivity (Wildman–Crippen MR) is 136 cm³/mol. The molecule has 39 heavy (non-hydrogen) atoms. The Morgan fingerprint density at radius 1 is 1.08 bits per heavy atom. The molecule has 3 aliphatic carbocycles. The first kappa shape index (κ1) is 26.2. The van der Waals surface area contributed by atoms with E-state index in [2.05, 4.69) is 11.8 Å². The van der Waals surface area contributed by atoms with Gasteiger partial charge in [-0.05, 0) is 62.7 Å². The molecule has 200 valence electrons. The monoisotopic (exact) mass is 532 g/mol. The number of amides is 1. The van der Waals surface area contributed by atoms with Crippen molar-refractivity contribution in [1.29, 1.82) is 0 Å². The molecule has 3 aliphatic rings. The minimum atomic E-state index is -2.71. The van der Waals surface area contributed by atoms with Crippen molar-refractivity contribution in [2.24, 2.45) is 17.6 Å². The van der Waals surface area contributed by atoms with Gasteiger partial charge in [0.15, 0.2) is 11.4 Å². The number of benzene rings is 2. The molecule has 0 saturated heterocycles. The molecule has 5 rings (SSSR count). The summed E-state index contributed by atoms with van der Waals surface area (Å²) in [6.07, 6.45) is 0.0474. The van der Waals surface area contributed by atoms with Crippen LogP contribution in [0.5, 0.6) is 5.75 Å². The Hall–Kier alpha value is -4.46. The summed E-state index contributed by atoms with van der Waals surface area (Å²) in [7, 11) is 3.11. The lowest BCUT2D eigenvalue weighted by Crippen LogP contribution is -2.63. The van der Waals surface area contributed by atoms with Gasteiger partial charge in [0.1, 0.15) is 28.7 Å². The van der Waals surface area contributed by atoms with Crippen LogP contribution in [0.25, 0.3) is 0 Å². The van der Waals surface area contributed by atoms with Crippen molar-refractivity contribution in [2.45, 2.75) is 24.5 Å². The number of nitrogens with two attached hydrogens (primary N) is 1. The number of phenolic OH excluding ortho intramolecular Hbond substituents is 1. The Kier molecular flexibility index (Phi) is 6.09. The standard InChI is InChI=1S/C29H25FN2O7/c1-32(2)23-17-12-15-11-16-13(7-8-14-5-3-4-6-18(14)30)9-10-19(33)21(16)24(34)20(15)26(36)29(17,39)27(37)22(25(23)35)28(31)38/h3-6,9-10,15,17,23,33,35-36,39H,11-12H2,1-2H3,(H2,31,38)/t15-,17-,23-,29+/m1/s1. The van der Waals surface area contributed by atoms with Gasteiger partial charge in [-0.1, -0.05) is 24.0 Å². The van der Waals surface area contributed by atoms with Crippen molar-refractivity contribution in [3.05, 3.63) is 87.1 Å². The Morgan fingerprint density at radius 2 is 1.74 bits per heavy atom. The van der Waals surface area contributed by atoms with Gasteiger partial charge >= 0.3 is 0 Å². The lowest BCUT2D eigenvalue weighted by Gasteiger charge is -2.50. The van der Waals surface area contributed by atoms with E-state index in [-0.39, 0.29) is 29.5 Å². The van der Waals surface area contributed by atoms with Gasteiger partial charge in [-0.2, -0.15) is 0 Å². The third-order valence-corrected chi connectivity index (χ3v) is 7.81. The van der Waals surface area contributed by atoms with E-state index in [1.165, 1.54) is 35.2 Å². The van der Waals surface area contributed by atoms with Crippen LogP contribution >= 0.6 is 0 Å². The summed E-state index contributed by atoms with van der Waals surface area (Å²) in [5.74, 6) is -2.14. The van der Waals surface area contributed by atoms with Gasteiger partial charge in [0.2, 0.25) is 5.78 Å². The molecule has 4 atom stereocenters. The van der Waals surface area contributed by atoms with Crippen molar-refractivity contribution in [3.63, 3.8) is 0 Å². The maximum Gasteiger partial charge on any atom is 0.255 e. The van der Waals surface area contributed by atoms with Gasteiger partial charge in [-0.15, -0.1) is 0 Å². The first-order valence-corrected chi connectivity index (χ1v) is 12.2. The number of ketones is 2. The van der Waals surface area contributed by atoms with E-state index in [1.807, 2.05) is 0 Å². The van der Waals surface area contributed by atoms with Crippen LogP contribution in [0, 0.1) is 29.5 Å². The van der Waals surface area contributed by atoms with E-state index in [0.717, 1.165) is 0 Å². The average molecular weight is 533 g/mol. The highest BCUT2D eigenvalue weighted by molar-refractivity contribution is 6.24. The summed E-state index contributed by atoms with van der Waals surface area (Å²) in [4.78, 5) is 40.6. The number of aromatic hydroxyl groups is 1. The zero-order valence-electron chi connectivity index (χ0n) is 21.0. The SMILES string of the molecule is CN(C)[C@H]1C(O)=C(C(N)=O)C(=O)[C@@]2(O)C(O)=C3C(=O)c4c(O)ccc(C#Cc5ccccc5F)c4C[C@@H]3C[C@H]12. The van der Waals surface area contributed by atoms with Crippen LogP contribution in [0.2, 0.25) is 0 Å². The largest absolute Gasteiger partial charge is 0.510 e. The van der Waals surface area contributed by atoms with Crippen LogP contribution < -0.4 is 5.73 Å². The number of Topliss-reactive ketones (excluding diaryl/α,β-unsaturated/α-hetero) is 2. The van der Waals surface area contributed by atoms with E-state index in [4.69, 9.17) is 5.73 Å². The third-order valence-electron chi connectivity index (χ3n) is 7.81. The lowest BCUT2D eigenvalue weighted by molar-refractivity contribution is -0.148. The molecule has 0 radical (unpaired) electrons. The van der Waals surface area contributed by atoms with Crippen molar-refractivity contribution < 1.29 is 39.2 Å². The van der Waals surface area contributed by atoms with E-state index in [9.17, 15) is 39.2 Å². The van der Waals surface area contributed by atoms with Crippen LogP contribution in [-0.4, -0.2) is 68.5 Å². The molecule has 1 amide bonds. The second kappa shape index (κ2) is 9.08. The number of carbonyl (C=O) groups excluding carboxylic acids is 3. The second-order valence-electron chi connectivity index (χ2n) is 10.2. The van der Waals surface area contributed by atoms with Crippen molar-refractivity contribution in [2.75, 3.05) is 14.1 Å². The molecular weight excluding hydrogens is 507 g/mol. The fourth-order valence-electron chi connectivity index (χ4n) is 6.07. The smallest absolute Gasteiger partial charge is 0.255 e. The number of aliphatic hydroxyl groups is 3. The molecule has 0 heterocycles. The summed E-state index contributed by atoms with van der Waals surface area (Å²) in [6.45, 7) is 0. The van der Waals surface area contributed by atoms with E-state index >= 15 is 0 Å². The molecular formula is C29H25FN2O7. The zero-order valence-corrected chi connectivity index (χ0v) is 21.0. The minimum absolute atomic E-state index is 0.0401. The van der Waals surface area contributed by atoms with Gasteiger partial charge < -0.3 is 26.2 Å². The summed E-state index contributed by atoms with van der Waals surface area (Å²) in [6, 6.07) is 7.60. The zero-order chi connectivity index (χ0) is 28.4. The van der Waals surface area contributed by atoms with Gasteiger partial charge in [0, 0.05) is 17.1 Å². The Balaban J connectivity index is 1.68. The van der Waals surface area contributed by atoms with Crippen LogP contribution in [-0.2, 0) is 16.0 Å². The summed E-state index contributed by atoms with van der Waals surface area (Å²) in [5, 5.41) is 44.4. The number of carbonyl (C=O) groups is 3. The third kappa shape index (κ3) is 3.73. The number of likely N-dealkylation sites (N-methyl/N-ethyl adjacent to an activating group) is 1. The molecule has 0 aromatic heterocycles. The van der Waals surface area contributed by atoms with Crippen LogP contribution in [0.4, 0.5) is 4.39 Å². The fourth-order valence-corrected chi connectivity index (χ4v) is 6.07. The summed E-state index contributed by atoms with van der Waals surface area (Å²) < 4.78 is 14.1. The normalized spacial score (nSPS) is 26.0. The fraction of sp³-hybridized carbons (Fsp3) is 0.276. The van der Waals surface area contributed by atoms with Crippen LogP contribution in [0.3, 0.4) is 0 Å². The summed E-state index contributed by atoms with van der Waals surface area (Å²) >= 11 is 0. The number of primary amides is 1. The first-order valence-electron chi connectivity index (χ1n) is 12.2. The van der Waals surface area contributed by atoms with Gasteiger partial charge in [-0.25, -0.2) is 4.39 Å². The molecule has 0 unspecified atom stereocenters. The molecule has 6 N–H and O–H groups in total. The molecule has 10 heteroatoms. The number of allylic oxidation sites excluding steroid dienone is 1. The van der Waals surface area contributed by atoms with Crippen molar-refractivity contribution in [1.82, 2.24) is 4.90 Å². The van der Waals surface area contributed by atoms with E-state index in [0.29, 0.717) is 11.1 Å². The van der Waals surface area contributed by atoms with Crippen molar-refractivity contribution in [3.8, 4) is 17.6 Å². The first-order chi connectivity index (χ1) is 18.4. The lowest BCUT2D eigenvalue weighted by atomic mass is 9.58. The molecule has 0 bridgehead atoms. The number of hydrogen-bond donors (Lipinski definition) is 5. The number of nitrogens with zero attached hydrogens (tertiary/aromatic N) is 1. The molecule has 2 aromatic rings. The van der Waals surface area contributed by atoms with Crippen molar-refractivity contribution >= 4 is 17.5 Å². The number of phenols is 1. The maximum atomic E-state index is 14.1. The van der Waals surface area contributed by atoms with Gasteiger partial charge in [0.05, 0.1) is 17.2 Å². The number of rotatable bonds is 2. The highest BCUT2D eigenvalue weighted by atomic mass is 19.1. The van der Waals surface area contributed by atoms with E-state index < -0.39 is 69.6 Å². The van der Waals surface area contributed by atoms with Gasteiger partial charge in [0.25, 0.3) is 5.91 Å². The number of halogens is 1. The second-order valence-corrected chi connectivity index (χ2v) is 10.2. The number of hydrogen-bond acceptors (Lipinski definition) is 8. The molecule has 2 aromatic carbocycles. The number of fused-ring (bicyclic) bond motifs is 3. The van der Waals surface area contributed by atoms with Crippen LogP contribution in [0.15, 0.2) is 59.1 Å². The highest BCUT2D eigenvalue weighted by Gasteiger charge is 2.63. The average Bonchev–Trinajstić information content (AvgIpc) is 2.86. The Morgan fingerprint density at radius 3 is 2.38 bits per heavy atom. The molecule has 0 spiro atoms. The van der Waals surface area contributed by atoms with Gasteiger partial charge in [-0.3, -0.25) is 19.3 Å². The molecule has 0 aliphatic heterocycles. The number of aliphatic hydroxyl groups excluding tert-OH is 2. The molecule has 0 fully saturated rings. The maximum absolute atomic E-state index is 14.1.